The van der Waals surface area contributed by atoms with Gasteiger partial charge in [-0.2, -0.15) is 0 Å². The maximum absolute atomic E-state index is 6.31. The van der Waals surface area contributed by atoms with Crippen LogP contribution in [-0.2, 0) is 9.31 Å². The van der Waals surface area contributed by atoms with Crippen LogP contribution in [-0.4, -0.2) is 55.4 Å². The van der Waals surface area contributed by atoms with Crippen LogP contribution in [0.4, 0.5) is 0 Å². The summed E-state index contributed by atoms with van der Waals surface area (Å²) in [5, 5.41) is 17.1. The molecule has 116 heavy (non-hydrogen) atoms. The van der Waals surface area contributed by atoms with Crippen LogP contribution in [0.5, 0.6) is 0 Å². The molecule has 0 amide bonds. The van der Waals surface area contributed by atoms with E-state index in [-0.39, 0.29) is 18.3 Å². The normalized spacial score (nSPS) is 13.6. The number of halogens is 1. The second-order valence-corrected chi connectivity index (χ2v) is 32.5. The summed E-state index contributed by atoms with van der Waals surface area (Å²) in [4.78, 5) is 10.1. The summed E-state index contributed by atoms with van der Waals surface area (Å²) in [6.07, 6.45) is 0. The van der Waals surface area contributed by atoms with E-state index < -0.39 is 0 Å². The lowest BCUT2D eigenvalue weighted by molar-refractivity contribution is 0.00578. The number of fused-ring (bicyclic) bond motifs is 28. The zero-order valence-electron chi connectivity index (χ0n) is 64.0. The smallest absolute Gasteiger partial charge is 0.399 e. The van der Waals surface area contributed by atoms with Crippen molar-refractivity contribution in [3.8, 4) is 33.9 Å². The van der Waals surface area contributed by atoms with E-state index in [2.05, 4.69) is 429 Å². The van der Waals surface area contributed by atoms with Gasteiger partial charge in [0.15, 0.2) is 0 Å². The van der Waals surface area contributed by atoms with Gasteiger partial charge in [0.25, 0.3) is 0 Å². The highest BCUT2D eigenvalue weighted by Gasteiger charge is 2.52. The Hall–Kier alpha value is -13.9. The van der Waals surface area contributed by atoms with E-state index in [0.717, 1.165) is 99.0 Å². The van der Waals surface area contributed by atoms with Crippen LogP contribution >= 0.6 is 15.9 Å². The molecule has 0 aliphatic carbocycles. The Balaban J connectivity index is 0.000000109. The quantitative estimate of drug-likeness (QED) is 0.123. The highest BCUT2D eigenvalue weighted by Crippen LogP contribution is 2.44. The lowest BCUT2D eigenvalue weighted by Crippen LogP contribution is -2.41. The van der Waals surface area contributed by atoms with E-state index in [1.807, 2.05) is 6.07 Å². The third kappa shape index (κ3) is 10.4. The van der Waals surface area contributed by atoms with Crippen LogP contribution in [0.15, 0.2) is 368 Å². The zero-order chi connectivity index (χ0) is 77.2. The first kappa shape index (κ1) is 67.8. The molecular weight excluding hydrogens is 1480 g/mol. The Morgan fingerprint density at radius 2 is 0.517 bits per heavy atom. The molecule has 1 aliphatic heterocycles. The molecule has 9 heterocycles. The predicted molar refractivity (Wildman–Crippen MR) is 488 cm³/mol. The molecule has 8 aromatic heterocycles. The first-order chi connectivity index (χ1) is 56.9. The molecule has 1 saturated heterocycles. The minimum atomic E-state index is -0.381. The number of aromatic nitrogens is 8. The molecule has 550 valence electrons. The van der Waals surface area contributed by atoms with Gasteiger partial charge in [-0.1, -0.05) is 253 Å². The van der Waals surface area contributed by atoms with Crippen molar-refractivity contribution in [3.05, 3.63) is 368 Å². The molecule has 16 aromatic carbocycles. The maximum atomic E-state index is 6.31. The Morgan fingerprint density at radius 1 is 0.241 bits per heavy atom. The molecule has 10 nitrogen and oxygen atoms in total. The predicted octanol–water partition coefficient (Wildman–Crippen LogP) is 26.4. The first-order valence-electron chi connectivity index (χ1n) is 39.6. The lowest BCUT2D eigenvalue weighted by Gasteiger charge is -2.32. The van der Waals surface area contributed by atoms with E-state index in [4.69, 9.17) is 19.3 Å². The van der Waals surface area contributed by atoms with E-state index in [0.29, 0.717) is 0 Å². The summed E-state index contributed by atoms with van der Waals surface area (Å²) < 4.78 is 27.9. The average Bonchev–Trinajstić information content (AvgIpc) is 1.30. The third-order valence-corrected chi connectivity index (χ3v) is 25.0. The molecular formula is C104H72BBrN8O2. The van der Waals surface area contributed by atoms with Crippen molar-refractivity contribution in [1.29, 1.82) is 0 Å². The van der Waals surface area contributed by atoms with Crippen LogP contribution < -0.4 is 5.46 Å². The summed E-state index contributed by atoms with van der Waals surface area (Å²) in [6, 6.07) is 131. The number of para-hydroxylation sites is 12. The van der Waals surface area contributed by atoms with Crippen LogP contribution in [0.2, 0.25) is 0 Å². The number of imidazole rings is 2. The summed E-state index contributed by atoms with van der Waals surface area (Å²) in [6.45, 7) is 8.35. The Bertz CT molecular complexity index is 7740. The SMILES string of the molecule is Brc1cc(-n2c3ccccc3c3ccccc32)cc(-n2c3ccccc3c3ccccc32)c1.CC1(C)OB(c2ccc3c(c2)c2ccccc2c2nc4ccccc4n32)OC1(C)C.c1ccc2c(c1)nc1c3ccccc3c3cc(-c4cc(-n5c6ccccc6c6ccccc65)cc(-n5c6ccccc6c6ccccc65)c4)ccc3n21. The fourth-order valence-electron chi connectivity index (χ4n) is 18.6. The lowest BCUT2D eigenvalue weighted by atomic mass is 9.78. The molecule has 24 aromatic rings. The van der Waals surface area contributed by atoms with Crippen molar-refractivity contribution in [2.24, 2.45) is 0 Å². The zero-order valence-corrected chi connectivity index (χ0v) is 65.6. The van der Waals surface area contributed by atoms with Gasteiger partial charge in [0.2, 0.25) is 0 Å². The molecule has 0 bridgehead atoms. The highest BCUT2D eigenvalue weighted by molar-refractivity contribution is 9.10. The van der Waals surface area contributed by atoms with Gasteiger partial charge in [0.05, 0.1) is 88.4 Å². The van der Waals surface area contributed by atoms with Crippen molar-refractivity contribution < 1.29 is 9.31 Å². The van der Waals surface area contributed by atoms with Gasteiger partial charge in [0, 0.05) is 91.9 Å². The number of hydrogen-bond acceptors (Lipinski definition) is 4. The summed E-state index contributed by atoms with van der Waals surface area (Å²) >= 11 is 3.81. The van der Waals surface area contributed by atoms with Crippen LogP contribution in [0.3, 0.4) is 0 Å². The Kier molecular flexibility index (Phi) is 15.2. The fourth-order valence-corrected chi connectivity index (χ4v) is 19.1. The van der Waals surface area contributed by atoms with Crippen LogP contribution in [0, 0.1) is 0 Å². The van der Waals surface area contributed by atoms with Gasteiger partial charge in [0.1, 0.15) is 11.3 Å². The molecule has 0 N–H and O–H groups in total. The number of pyridine rings is 2. The largest absolute Gasteiger partial charge is 0.494 e. The summed E-state index contributed by atoms with van der Waals surface area (Å²) in [5.74, 6) is 0. The number of benzene rings is 16. The molecule has 25 rings (SSSR count). The molecule has 1 fully saturated rings. The number of hydrogen-bond donors (Lipinski definition) is 0. The fraction of sp³-hybridized carbons (Fsp3) is 0.0577. The molecule has 0 unspecified atom stereocenters. The van der Waals surface area contributed by atoms with E-state index in [1.54, 1.807) is 0 Å². The van der Waals surface area contributed by atoms with E-state index in [1.165, 1.54) is 109 Å². The van der Waals surface area contributed by atoms with Gasteiger partial charge in [-0.3, -0.25) is 8.80 Å². The van der Waals surface area contributed by atoms with Gasteiger partial charge in [-0.05, 0) is 182 Å². The maximum Gasteiger partial charge on any atom is 0.494 e. The Morgan fingerprint density at radius 3 is 0.862 bits per heavy atom. The molecule has 12 heteroatoms. The number of nitrogens with zero attached hydrogens (tertiary/aromatic N) is 8. The highest BCUT2D eigenvalue weighted by atomic mass is 79.9. The summed E-state index contributed by atoms with van der Waals surface area (Å²) in [5.41, 5.74) is 25.3. The van der Waals surface area contributed by atoms with Gasteiger partial charge < -0.3 is 27.6 Å². The minimum absolute atomic E-state index is 0.362. The molecule has 0 saturated carbocycles. The minimum Gasteiger partial charge on any atom is -0.399 e. The topological polar surface area (TPSA) is 72.8 Å². The van der Waals surface area contributed by atoms with Crippen molar-refractivity contribution in [1.82, 2.24) is 37.0 Å². The third-order valence-electron chi connectivity index (χ3n) is 24.5. The summed E-state index contributed by atoms with van der Waals surface area (Å²) in [7, 11) is -0.381. The van der Waals surface area contributed by atoms with Crippen LogP contribution in [0.1, 0.15) is 27.7 Å². The van der Waals surface area contributed by atoms with E-state index >= 15 is 0 Å². The average molecular weight is 1560 g/mol. The number of rotatable bonds is 6. The van der Waals surface area contributed by atoms with E-state index in [9.17, 15) is 0 Å². The van der Waals surface area contributed by atoms with Crippen molar-refractivity contribution >= 4 is 192 Å². The van der Waals surface area contributed by atoms with Crippen molar-refractivity contribution in [3.63, 3.8) is 0 Å². The van der Waals surface area contributed by atoms with Gasteiger partial charge >= 0.3 is 7.12 Å². The second-order valence-electron chi connectivity index (χ2n) is 31.6. The molecule has 0 spiro atoms. The van der Waals surface area contributed by atoms with Crippen molar-refractivity contribution in [2.75, 3.05) is 0 Å². The van der Waals surface area contributed by atoms with Gasteiger partial charge in [-0.15, -0.1) is 0 Å². The first-order valence-corrected chi connectivity index (χ1v) is 40.4. The standard InChI is InChI=1S/C49H30N4.C30H19BrN2.C25H23BN2O2/c1-2-18-40-35(13-1)41-29-31(25-26-47(41)53-48-24-12-7-19-42(48)50-49(40)53)32-27-33(51-43-20-8-3-14-36(43)37-15-4-9-21-44(37)51)30-34(28-32)52-45-22-10-5-16-38(45)39-17-6-11-23-46(39)52;31-20-17-21(32-27-13-5-1-9-23(27)24-10-2-6-14-28(24)32)19-22(18-20)33-29-15-7-3-11-25(29)26-12-4-8-16-30(26)33;1-24(2)25(3,4)30-26(29-24)16-13-14-21-19(15-16)17-9-5-6-10-18(17)23-27-20-11-7-8-12-22(20)28(21)23/h1-30H;1-19H;5-15H,1-4H3. The van der Waals surface area contributed by atoms with Crippen LogP contribution in [0.25, 0.3) is 198 Å². The monoisotopic (exact) mass is 1550 g/mol. The van der Waals surface area contributed by atoms with Crippen molar-refractivity contribution in [2.45, 2.75) is 38.9 Å². The molecule has 0 radical (unpaired) electrons. The molecule has 0 atom stereocenters. The second kappa shape index (κ2) is 26.1. The molecule has 1 aliphatic rings. The van der Waals surface area contributed by atoms with Gasteiger partial charge in [-0.25, -0.2) is 9.97 Å². The Labute approximate surface area is 675 Å².